The van der Waals surface area contributed by atoms with Gasteiger partial charge in [-0.3, -0.25) is 18.5 Å². The maximum atomic E-state index is 13.7. The predicted octanol–water partition coefficient (Wildman–Crippen LogP) is 3.12. The monoisotopic (exact) mass is 540 g/mol. The van der Waals surface area contributed by atoms with Crippen molar-refractivity contribution in [3.05, 3.63) is 55.7 Å². The first kappa shape index (κ1) is 27.3. The molecule has 1 aliphatic rings. The molecule has 1 N–H and O–H groups in total. The second-order valence-corrected chi connectivity index (χ2v) is 10.8. The normalized spacial score (nSPS) is 15.7. The SMILES string of the molecule is CC#CCn1c(N2CCC[C@@H](NC(=O)OC(C)(C)C)C2)nc2c1c(=O)n(Cc1cccc(Cl)c1)c(=O)n2C. The molecule has 202 valence electrons. The van der Waals surface area contributed by atoms with Crippen LogP contribution in [0.2, 0.25) is 5.02 Å². The van der Waals surface area contributed by atoms with Crippen molar-refractivity contribution in [1.29, 1.82) is 0 Å². The van der Waals surface area contributed by atoms with Gasteiger partial charge in [0.2, 0.25) is 5.95 Å². The van der Waals surface area contributed by atoms with Gasteiger partial charge in [0.25, 0.3) is 5.56 Å². The van der Waals surface area contributed by atoms with Crippen molar-refractivity contribution in [3.63, 3.8) is 0 Å². The Hall–Kier alpha value is -3.71. The fourth-order valence-corrected chi connectivity index (χ4v) is 4.83. The number of nitrogens with zero attached hydrogens (tertiary/aromatic N) is 5. The average Bonchev–Trinajstić information content (AvgIpc) is 3.23. The van der Waals surface area contributed by atoms with Crippen LogP contribution in [0.15, 0.2) is 33.9 Å². The number of anilines is 1. The number of imidazole rings is 1. The summed E-state index contributed by atoms with van der Waals surface area (Å²) in [4.78, 5) is 46.1. The Labute approximate surface area is 226 Å². The molecule has 1 fully saturated rings. The zero-order valence-electron chi connectivity index (χ0n) is 22.4. The lowest BCUT2D eigenvalue weighted by atomic mass is 10.1. The zero-order valence-corrected chi connectivity index (χ0v) is 23.1. The van der Waals surface area contributed by atoms with E-state index in [2.05, 4.69) is 17.2 Å². The van der Waals surface area contributed by atoms with Crippen LogP contribution in [0, 0.1) is 11.8 Å². The van der Waals surface area contributed by atoms with Crippen molar-refractivity contribution < 1.29 is 9.53 Å². The van der Waals surface area contributed by atoms with Gasteiger partial charge < -0.3 is 15.0 Å². The van der Waals surface area contributed by atoms with Crippen LogP contribution in [0.5, 0.6) is 0 Å². The highest BCUT2D eigenvalue weighted by Crippen LogP contribution is 2.24. The molecule has 3 heterocycles. The summed E-state index contributed by atoms with van der Waals surface area (Å²) in [6, 6.07) is 6.91. The summed E-state index contributed by atoms with van der Waals surface area (Å²) in [5.41, 5.74) is -0.182. The number of alkyl carbamates (subject to hydrolysis) is 1. The molecule has 2 aromatic heterocycles. The van der Waals surface area contributed by atoms with E-state index in [0.717, 1.165) is 18.4 Å². The maximum Gasteiger partial charge on any atom is 0.407 e. The average molecular weight is 541 g/mol. The van der Waals surface area contributed by atoms with Gasteiger partial charge in [-0.2, -0.15) is 4.98 Å². The molecule has 10 nitrogen and oxygen atoms in total. The number of carbonyl (C=O) groups excluding carboxylic acids is 1. The third-order valence-corrected chi connectivity index (χ3v) is 6.52. The van der Waals surface area contributed by atoms with Crippen LogP contribution in [0.25, 0.3) is 11.2 Å². The van der Waals surface area contributed by atoms with Crippen molar-refractivity contribution in [3.8, 4) is 11.8 Å². The predicted molar refractivity (Wildman–Crippen MR) is 148 cm³/mol. The van der Waals surface area contributed by atoms with Crippen molar-refractivity contribution in [1.82, 2.24) is 24.0 Å². The molecule has 38 heavy (non-hydrogen) atoms. The number of aromatic nitrogens is 4. The number of hydrogen-bond acceptors (Lipinski definition) is 6. The van der Waals surface area contributed by atoms with E-state index < -0.39 is 22.9 Å². The van der Waals surface area contributed by atoms with Crippen molar-refractivity contribution >= 4 is 34.8 Å². The molecule has 3 aromatic rings. The number of nitrogens with one attached hydrogen (secondary N) is 1. The molecule has 0 aliphatic carbocycles. The van der Waals surface area contributed by atoms with E-state index >= 15 is 0 Å². The molecule has 0 saturated carbocycles. The molecule has 4 rings (SSSR count). The molecule has 1 aromatic carbocycles. The lowest BCUT2D eigenvalue weighted by Gasteiger charge is -2.34. The fraction of sp³-hybridized carbons (Fsp3) is 0.481. The van der Waals surface area contributed by atoms with Crippen molar-refractivity contribution in [2.75, 3.05) is 18.0 Å². The third kappa shape index (κ3) is 5.89. The Morgan fingerprint density at radius 3 is 2.71 bits per heavy atom. The second-order valence-electron chi connectivity index (χ2n) is 10.4. The van der Waals surface area contributed by atoms with Gasteiger partial charge in [-0.05, 0) is 58.2 Å². The standard InChI is InChI=1S/C27H33ClN6O4/c1-6-7-14-33-21-22(31(5)26(37)34(23(21)35)16-18-10-8-11-19(28)15-18)30-24(33)32-13-9-12-20(17-32)29-25(36)38-27(2,3)4/h8,10-11,15,20H,9,12-14,16-17H2,1-5H3,(H,29,36)/t20-/m1/s1. The third-order valence-electron chi connectivity index (χ3n) is 6.28. The summed E-state index contributed by atoms with van der Waals surface area (Å²) in [5.74, 6) is 6.45. The molecule has 0 spiro atoms. The lowest BCUT2D eigenvalue weighted by Crippen LogP contribution is -2.49. The lowest BCUT2D eigenvalue weighted by molar-refractivity contribution is 0.0500. The maximum absolute atomic E-state index is 13.7. The highest BCUT2D eigenvalue weighted by Gasteiger charge is 2.29. The Morgan fingerprint density at radius 1 is 1.26 bits per heavy atom. The molecule has 1 amide bonds. The number of hydrogen-bond donors (Lipinski definition) is 1. The largest absolute Gasteiger partial charge is 0.444 e. The Kier molecular flexibility index (Phi) is 7.88. The van der Waals surface area contributed by atoms with Gasteiger partial charge in [0.15, 0.2) is 11.2 Å². The first-order valence-corrected chi connectivity index (χ1v) is 12.9. The summed E-state index contributed by atoms with van der Waals surface area (Å²) in [6.45, 7) is 8.66. The summed E-state index contributed by atoms with van der Waals surface area (Å²) < 4.78 is 9.77. The minimum Gasteiger partial charge on any atom is -0.444 e. The quantitative estimate of drug-likeness (QED) is 0.499. The van der Waals surface area contributed by atoms with E-state index in [1.807, 2.05) is 31.7 Å². The molecule has 1 aliphatic heterocycles. The van der Waals surface area contributed by atoms with E-state index in [1.165, 1.54) is 9.13 Å². The van der Waals surface area contributed by atoms with Gasteiger partial charge in [-0.15, -0.1) is 5.92 Å². The van der Waals surface area contributed by atoms with Crippen LogP contribution in [0.1, 0.15) is 46.1 Å². The number of aryl methyl sites for hydroxylation is 1. The molecule has 0 unspecified atom stereocenters. The topological polar surface area (TPSA) is 103 Å². The van der Waals surface area contributed by atoms with Crippen molar-refractivity contribution in [2.45, 2.75) is 65.3 Å². The van der Waals surface area contributed by atoms with Crippen LogP contribution in [0.3, 0.4) is 0 Å². The zero-order chi connectivity index (χ0) is 27.6. The molecule has 1 saturated heterocycles. The highest BCUT2D eigenvalue weighted by atomic mass is 35.5. The van der Waals surface area contributed by atoms with E-state index in [1.54, 1.807) is 36.7 Å². The summed E-state index contributed by atoms with van der Waals surface area (Å²) in [6.07, 6.45) is 1.12. The van der Waals surface area contributed by atoms with E-state index in [9.17, 15) is 14.4 Å². The number of rotatable bonds is 5. The van der Waals surface area contributed by atoms with Gasteiger partial charge in [0, 0.05) is 31.2 Å². The number of piperidine rings is 1. The van der Waals surface area contributed by atoms with E-state index in [-0.39, 0.29) is 24.8 Å². The van der Waals surface area contributed by atoms with Crippen LogP contribution >= 0.6 is 11.6 Å². The van der Waals surface area contributed by atoms with Crippen LogP contribution < -0.4 is 21.5 Å². The first-order chi connectivity index (χ1) is 18.0. The van der Waals surface area contributed by atoms with Gasteiger partial charge in [0.1, 0.15) is 5.60 Å². The highest BCUT2D eigenvalue weighted by molar-refractivity contribution is 6.30. The van der Waals surface area contributed by atoms with Gasteiger partial charge in [-0.25, -0.2) is 9.59 Å². The van der Waals surface area contributed by atoms with Crippen LogP contribution in [-0.2, 0) is 24.9 Å². The Morgan fingerprint density at radius 2 is 2.03 bits per heavy atom. The fourth-order valence-electron chi connectivity index (χ4n) is 4.62. The molecule has 1 atom stereocenters. The minimum atomic E-state index is -0.596. The number of ether oxygens (including phenoxy) is 1. The smallest absolute Gasteiger partial charge is 0.407 e. The first-order valence-electron chi connectivity index (χ1n) is 12.6. The van der Waals surface area contributed by atoms with Crippen molar-refractivity contribution in [2.24, 2.45) is 7.05 Å². The summed E-state index contributed by atoms with van der Waals surface area (Å²) in [5, 5.41) is 3.47. The number of halogens is 1. The van der Waals surface area contributed by atoms with Gasteiger partial charge >= 0.3 is 11.8 Å². The van der Waals surface area contributed by atoms with Crippen LogP contribution in [-0.4, -0.2) is 49.5 Å². The molecular formula is C27H33ClN6O4. The molecule has 0 radical (unpaired) electrons. The Balaban J connectivity index is 1.75. The van der Waals surface area contributed by atoms with Gasteiger partial charge in [0.05, 0.1) is 13.1 Å². The molecule has 0 bridgehead atoms. The molecular weight excluding hydrogens is 508 g/mol. The second kappa shape index (κ2) is 11.0. The Bertz CT molecular complexity index is 1540. The number of amides is 1. The summed E-state index contributed by atoms with van der Waals surface area (Å²) >= 11 is 6.12. The number of benzene rings is 1. The number of carbonyl (C=O) groups is 1. The van der Waals surface area contributed by atoms with E-state index in [4.69, 9.17) is 21.3 Å². The van der Waals surface area contributed by atoms with Crippen LogP contribution in [0.4, 0.5) is 10.7 Å². The summed E-state index contributed by atoms with van der Waals surface area (Å²) in [7, 11) is 1.61. The van der Waals surface area contributed by atoms with E-state index in [0.29, 0.717) is 29.6 Å². The molecule has 11 heteroatoms. The minimum absolute atomic E-state index is 0.0770. The van der Waals surface area contributed by atoms with Gasteiger partial charge in [-0.1, -0.05) is 29.7 Å². The number of fused-ring (bicyclic) bond motifs is 1.